The second kappa shape index (κ2) is 5.08. The molecule has 18 heavy (non-hydrogen) atoms. The van der Waals surface area contributed by atoms with Crippen LogP contribution in [-0.4, -0.2) is 47.0 Å². The highest BCUT2D eigenvalue weighted by Gasteiger charge is 2.33. The predicted molar refractivity (Wildman–Crippen MR) is 65.6 cm³/mol. The van der Waals surface area contributed by atoms with E-state index < -0.39 is 16.1 Å². The average Bonchev–Trinajstić information content (AvgIpc) is 2.33. The van der Waals surface area contributed by atoms with E-state index in [1.165, 1.54) is 16.7 Å². The van der Waals surface area contributed by atoms with Gasteiger partial charge >= 0.3 is 0 Å². The highest BCUT2D eigenvalue weighted by atomic mass is 35.5. The highest BCUT2D eigenvalue weighted by molar-refractivity contribution is 7.89. The number of aliphatic hydroxyl groups excluding tert-OH is 1. The van der Waals surface area contributed by atoms with Crippen LogP contribution in [0.3, 0.4) is 0 Å². The molecule has 1 aliphatic heterocycles. The third-order valence-corrected chi connectivity index (χ3v) is 5.13. The van der Waals surface area contributed by atoms with Gasteiger partial charge in [0.1, 0.15) is 4.90 Å². The third kappa shape index (κ3) is 2.64. The molecule has 2 rings (SSSR count). The van der Waals surface area contributed by atoms with Crippen molar-refractivity contribution in [2.75, 3.05) is 13.1 Å². The lowest BCUT2D eigenvalue weighted by Crippen LogP contribution is -2.45. The number of nitrogens with zero attached hydrogens (tertiary/aromatic N) is 3. The number of piperidine rings is 1. The van der Waals surface area contributed by atoms with Crippen LogP contribution in [0.1, 0.15) is 13.3 Å². The summed E-state index contributed by atoms with van der Waals surface area (Å²) in [5.74, 6) is 0.109. The van der Waals surface area contributed by atoms with Gasteiger partial charge in [-0.1, -0.05) is 6.92 Å². The molecular weight excluding hydrogens is 278 g/mol. The Kier molecular flexibility index (Phi) is 3.86. The van der Waals surface area contributed by atoms with Crippen molar-refractivity contribution in [1.82, 2.24) is 14.3 Å². The number of hydrogen-bond donors (Lipinski definition) is 1. The minimum Gasteiger partial charge on any atom is -0.391 e. The molecular formula is C10H14ClN3O3S. The summed E-state index contributed by atoms with van der Waals surface area (Å²) in [4.78, 5) is 7.31. The van der Waals surface area contributed by atoms with E-state index in [9.17, 15) is 13.5 Å². The SMILES string of the molecule is CC1CCN(S(=O)(=O)c2cnc(Cl)nc2)CC1O. The van der Waals surface area contributed by atoms with Gasteiger partial charge in [0.25, 0.3) is 0 Å². The minimum absolute atomic E-state index is 0.00116. The summed E-state index contributed by atoms with van der Waals surface area (Å²) in [5, 5.41) is 9.75. The summed E-state index contributed by atoms with van der Waals surface area (Å²) < 4.78 is 25.7. The number of rotatable bonds is 2. The highest BCUT2D eigenvalue weighted by Crippen LogP contribution is 2.23. The molecule has 0 aliphatic carbocycles. The molecule has 1 aromatic heterocycles. The smallest absolute Gasteiger partial charge is 0.246 e. The van der Waals surface area contributed by atoms with Crippen molar-refractivity contribution < 1.29 is 13.5 Å². The van der Waals surface area contributed by atoms with Crippen LogP contribution in [0.4, 0.5) is 0 Å². The molecule has 1 N–H and O–H groups in total. The first kappa shape index (κ1) is 13.7. The molecule has 8 heteroatoms. The van der Waals surface area contributed by atoms with Crippen LogP contribution in [0.5, 0.6) is 0 Å². The number of sulfonamides is 1. The van der Waals surface area contributed by atoms with Gasteiger partial charge in [-0.15, -0.1) is 0 Å². The second-order valence-electron chi connectivity index (χ2n) is 4.38. The zero-order valence-corrected chi connectivity index (χ0v) is 11.4. The Bertz CT molecular complexity index is 520. The third-order valence-electron chi connectivity index (χ3n) is 3.12. The van der Waals surface area contributed by atoms with E-state index in [4.69, 9.17) is 11.6 Å². The Labute approximate surface area is 111 Å². The number of aliphatic hydroxyl groups is 1. The molecule has 1 aliphatic rings. The minimum atomic E-state index is -3.65. The summed E-state index contributed by atoms with van der Waals surface area (Å²) in [7, 11) is -3.65. The number of halogens is 1. The standard InChI is InChI=1S/C10H14ClN3O3S/c1-7-2-3-14(6-9(7)15)18(16,17)8-4-12-10(11)13-5-8/h4-5,7,9,15H,2-3,6H2,1H3. The van der Waals surface area contributed by atoms with E-state index in [1.807, 2.05) is 6.92 Å². The molecule has 2 atom stereocenters. The Morgan fingerprint density at radius 2 is 2.06 bits per heavy atom. The Morgan fingerprint density at radius 1 is 1.44 bits per heavy atom. The molecule has 0 amide bonds. The fourth-order valence-corrected chi connectivity index (χ4v) is 3.28. The van der Waals surface area contributed by atoms with Gasteiger partial charge in [-0.05, 0) is 23.9 Å². The van der Waals surface area contributed by atoms with Crippen LogP contribution in [-0.2, 0) is 10.0 Å². The first-order valence-electron chi connectivity index (χ1n) is 5.57. The zero-order valence-electron chi connectivity index (χ0n) is 9.82. The molecule has 0 spiro atoms. The first-order valence-corrected chi connectivity index (χ1v) is 7.39. The summed E-state index contributed by atoms with van der Waals surface area (Å²) in [5.41, 5.74) is 0. The number of hydrogen-bond acceptors (Lipinski definition) is 5. The maximum absolute atomic E-state index is 12.2. The van der Waals surface area contributed by atoms with Crippen molar-refractivity contribution in [3.8, 4) is 0 Å². The monoisotopic (exact) mass is 291 g/mol. The van der Waals surface area contributed by atoms with Gasteiger partial charge in [-0.25, -0.2) is 18.4 Å². The number of aromatic nitrogens is 2. The lowest BCUT2D eigenvalue weighted by atomic mass is 9.98. The summed E-state index contributed by atoms with van der Waals surface area (Å²) in [6.07, 6.45) is 2.35. The van der Waals surface area contributed by atoms with E-state index in [0.717, 1.165) is 0 Å². The van der Waals surface area contributed by atoms with E-state index in [2.05, 4.69) is 9.97 Å². The van der Waals surface area contributed by atoms with Crippen molar-refractivity contribution in [3.05, 3.63) is 17.7 Å². The maximum Gasteiger partial charge on any atom is 0.246 e. The van der Waals surface area contributed by atoms with E-state index in [1.54, 1.807) is 0 Å². The lowest BCUT2D eigenvalue weighted by Gasteiger charge is -2.33. The summed E-state index contributed by atoms with van der Waals surface area (Å²) >= 11 is 5.52. The van der Waals surface area contributed by atoms with Crippen molar-refractivity contribution in [2.45, 2.75) is 24.3 Å². The molecule has 1 aromatic rings. The first-order chi connectivity index (χ1) is 8.41. The van der Waals surface area contributed by atoms with Gasteiger partial charge in [-0.2, -0.15) is 4.31 Å². The van der Waals surface area contributed by atoms with Crippen molar-refractivity contribution in [3.63, 3.8) is 0 Å². The van der Waals surface area contributed by atoms with Gasteiger partial charge in [-0.3, -0.25) is 0 Å². The quantitative estimate of drug-likeness (QED) is 0.803. The van der Waals surface area contributed by atoms with Crippen LogP contribution in [0.25, 0.3) is 0 Å². The maximum atomic E-state index is 12.2. The molecule has 1 saturated heterocycles. The fraction of sp³-hybridized carbons (Fsp3) is 0.600. The molecule has 6 nitrogen and oxygen atoms in total. The molecule has 0 bridgehead atoms. The largest absolute Gasteiger partial charge is 0.391 e. The number of β-amino-alcohol motifs (C(OH)–C–C–N with tert-alkyl or cyclic N) is 1. The van der Waals surface area contributed by atoms with Gasteiger partial charge < -0.3 is 5.11 Å². The van der Waals surface area contributed by atoms with E-state index >= 15 is 0 Å². The van der Waals surface area contributed by atoms with Gasteiger partial charge in [0.15, 0.2) is 0 Å². The average molecular weight is 292 g/mol. The summed E-state index contributed by atoms with van der Waals surface area (Å²) in [6, 6.07) is 0. The van der Waals surface area contributed by atoms with Crippen molar-refractivity contribution in [2.24, 2.45) is 5.92 Å². The molecule has 100 valence electrons. The Morgan fingerprint density at radius 3 is 2.61 bits per heavy atom. The molecule has 0 radical (unpaired) electrons. The van der Waals surface area contributed by atoms with Gasteiger partial charge in [0.05, 0.1) is 18.5 Å². The normalized spacial score (nSPS) is 26.2. The van der Waals surface area contributed by atoms with Crippen LogP contribution in [0, 0.1) is 5.92 Å². The summed E-state index contributed by atoms with van der Waals surface area (Å²) in [6.45, 7) is 2.40. The lowest BCUT2D eigenvalue weighted by molar-refractivity contribution is 0.0605. The van der Waals surface area contributed by atoms with Crippen molar-refractivity contribution in [1.29, 1.82) is 0 Å². The van der Waals surface area contributed by atoms with Crippen LogP contribution < -0.4 is 0 Å². The van der Waals surface area contributed by atoms with Crippen LogP contribution >= 0.6 is 11.6 Å². The fourth-order valence-electron chi connectivity index (χ4n) is 1.82. The second-order valence-corrected chi connectivity index (χ2v) is 6.66. The van der Waals surface area contributed by atoms with Gasteiger partial charge in [0.2, 0.25) is 15.3 Å². The molecule has 1 fully saturated rings. The van der Waals surface area contributed by atoms with Crippen molar-refractivity contribution >= 4 is 21.6 Å². The zero-order chi connectivity index (χ0) is 13.3. The topological polar surface area (TPSA) is 83.4 Å². The Balaban J connectivity index is 2.24. The van der Waals surface area contributed by atoms with E-state index in [-0.39, 0.29) is 22.6 Å². The molecule has 0 saturated carbocycles. The Hall–Kier alpha value is -0.760. The molecule has 2 unspecified atom stereocenters. The molecule has 2 heterocycles. The van der Waals surface area contributed by atoms with Crippen LogP contribution in [0.15, 0.2) is 17.3 Å². The predicted octanol–water partition coefficient (Wildman–Crippen LogP) is 0.521. The van der Waals surface area contributed by atoms with Gasteiger partial charge in [0, 0.05) is 13.1 Å². The van der Waals surface area contributed by atoms with E-state index in [0.29, 0.717) is 13.0 Å². The molecule has 0 aromatic carbocycles. The van der Waals surface area contributed by atoms with Crippen LogP contribution in [0.2, 0.25) is 5.28 Å².